The number of benzene rings is 1. The Morgan fingerprint density at radius 2 is 1.59 bits per heavy atom. The summed E-state index contributed by atoms with van der Waals surface area (Å²) < 4.78 is 0. The van der Waals surface area contributed by atoms with Gasteiger partial charge in [-0.25, -0.2) is 4.98 Å². The van der Waals surface area contributed by atoms with Gasteiger partial charge >= 0.3 is 0 Å². The SMILES string of the molecule is Cc1ccc(C)c(NC(=O)c2cccc(C(=O)NC3CCCCCC3)n2)c1. The second-order valence-electron chi connectivity index (χ2n) is 7.34. The monoisotopic (exact) mass is 365 g/mol. The van der Waals surface area contributed by atoms with Gasteiger partial charge < -0.3 is 10.6 Å². The Hall–Kier alpha value is -2.69. The van der Waals surface area contributed by atoms with E-state index in [0.717, 1.165) is 42.5 Å². The van der Waals surface area contributed by atoms with Crippen molar-refractivity contribution in [3.8, 4) is 0 Å². The topological polar surface area (TPSA) is 71.1 Å². The number of aromatic nitrogens is 1. The van der Waals surface area contributed by atoms with Crippen molar-refractivity contribution in [1.82, 2.24) is 10.3 Å². The van der Waals surface area contributed by atoms with Crippen LogP contribution >= 0.6 is 0 Å². The molecule has 27 heavy (non-hydrogen) atoms. The van der Waals surface area contributed by atoms with E-state index in [1.807, 2.05) is 32.0 Å². The fourth-order valence-electron chi connectivity index (χ4n) is 3.43. The molecule has 1 heterocycles. The third-order valence-corrected chi connectivity index (χ3v) is 5.05. The molecular weight excluding hydrogens is 338 g/mol. The molecule has 1 aromatic heterocycles. The third-order valence-electron chi connectivity index (χ3n) is 5.05. The van der Waals surface area contributed by atoms with Crippen molar-refractivity contribution in [2.75, 3.05) is 5.32 Å². The smallest absolute Gasteiger partial charge is 0.274 e. The van der Waals surface area contributed by atoms with Gasteiger partial charge in [-0.3, -0.25) is 9.59 Å². The normalized spacial score (nSPS) is 15.0. The summed E-state index contributed by atoms with van der Waals surface area (Å²) in [5.41, 5.74) is 3.34. The first-order valence-electron chi connectivity index (χ1n) is 9.69. The highest BCUT2D eigenvalue weighted by molar-refractivity contribution is 6.04. The van der Waals surface area contributed by atoms with Gasteiger partial charge in [0.05, 0.1) is 0 Å². The number of nitrogens with zero attached hydrogens (tertiary/aromatic N) is 1. The minimum Gasteiger partial charge on any atom is -0.348 e. The first-order chi connectivity index (χ1) is 13.0. The second-order valence-corrected chi connectivity index (χ2v) is 7.34. The summed E-state index contributed by atoms with van der Waals surface area (Å²) in [4.78, 5) is 29.4. The summed E-state index contributed by atoms with van der Waals surface area (Å²) >= 11 is 0. The zero-order valence-corrected chi connectivity index (χ0v) is 16.0. The lowest BCUT2D eigenvalue weighted by molar-refractivity contribution is 0.0928. The highest BCUT2D eigenvalue weighted by Crippen LogP contribution is 2.18. The standard InChI is InChI=1S/C22H27N3O2/c1-15-12-13-16(2)20(14-15)25-22(27)19-11-7-10-18(24-19)21(26)23-17-8-5-3-4-6-9-17/h7,10-14,17H,3-6,8-9H2,1-2H3,(H,23,26)(H,25,27). The molecule has 2 N–H and O–H groups in total. The molecule has 1 aliphatic carbocycles. The van der Waals surface area contributed by atoms with E-state index in [1.54, 1.807) is 18.2 Å². The summed E-state index contributed by atoms with van der Waals surface area (Å²) in [5.74, 6) is -0.517. The highest BCUT2D eigenvalue weighted by Gasteiger charge is 2.18. The average Bonchev–Trinajstić information content (AvgIpc) is 2.93. The van der Waals surface area contributed by atoms with E-state index in [4.69, 9.17) is 0 Å². The van der Waals surface area contributed by atoms with Crippen molar-refractivity contribution < 1.29 is 9.59 Å². The Kier molecular flexibility index (Phi) is 6.22. The molecule has 5 nitrogen and oxygen atoms in total. The van der Waals surface area contributed by atoms with Gasteiger partial charge in [-0.1, -0.05) is 43.9 Å². The van der Waals surface area contributed by atoms with Gasteiger partial charge in [0, 0.05) is 11.7 Å². The molecule has 3 rings (SSSR count). The number of aryl methyl sites for hydroxylation is 2. The molecule has 0 unspecified atom stereocenters. The van der Waals surface area contributed by atoms with Crippen LogP contribution in [0.15, 0.2) is 36.4 Å². The molecule has 0 spiro atoms. The molecule has 5 heteroatoms. The van der Waals surface area contributed by atoms with Gasteiger partial charge in [0.25, 0.3) is 11.8 Å². The molecule has 0 saturated heterocycles. The Morgan fingerprint density at radius 1 is 0.926 bits per heavy atom. The molecule has 2 aromatic rings. The lowest BCUT2D eigenvalue weighted by Crippen LogP contribution is -2.35. The van der Waals surface area contributed by atoms with Gasteiger partial charge in [-0.2, -0.15) is 0 Å². The van der Waals surface area contributed by atoms with Crippen LogP contribution in [0.3, 0.4) is 0 Å². The quantitative estimate of drug-likeness (QED) is 0.789. The summed E-state index contributed by atoms with van der Waals surface area (Å²) in [5, 5.41) is 5.96. The first-order valence-corrected chi connectivity index (χ1v) is 9.69. The van der Waals surface area contributed by atoms with E-state index >= 15 is 0 Å². The molecule has 0 aliphatic heterocycles. The molecule has 0 radical (unpaired) electrons. The van der Waals surface area contributed by atoms with Gasteiger partial charge in [0.15, 0.2) is 0 Å². The van der Waals surface area contributed by atoms with Crippen molar-refractivity contribution in [2.45, 2.75) is 58.4 Å². The fraction of sp³-hybridized carbons (Fsp3) is 0.409. The van der Waals surface area contributed by atoms with Crippen molar-refractivity contribution >= 4 is 17.5 Å². The van der Waals surface area contributed by atoms with E-state index in [1.165, 1.54) is 12.8 Å². The lowest BCUT2D eigenvalue weighted by atomic mass is 10.1. The number of pyridine rings is 1. The maximum atomic E-state index is 12.6. The van der Waals surface area contributed by atoms with Crippen LogP contribution < -0.4 is 10.6 Å². The van der Waals surface area contributed by atoms with Crippen LogP contribution in [0.1, 0.15) is 70.6 Å². The average molecular weight is 365 g/mol. The Bertz CT molecular complexity index is 824. The number of hydrogen-bond donors (Lipinski definition) is 2. The molecular formula is C22H27N3O2. The van der Waals surface area contributed by atoms with Crippen LogP contribution in [0.4, 0.5) is 5.69 Å². The number of nitrogens with one attached hydrogen (secondary N) is 2. The molecule has 142 valence electrons. The minimum atomic E-state index is -0.312. The Labute approximate surface area is 160 Å². The van der Waals surface area contributed by atoms with Crippen LogP contribution in [0.25, 0.3) is 0 Å². The highest BCUT2D eigenvalue weighted by atomic mass is 16.2. The Balaban J connectivity index is 1.69. The zero-order valence-electron chi connectivity index (χ0n) is 16.0. The molecule has 1 aliphatic rings. The van der Waals surface area contributed by atoms with Crippen LogP contribution in [0.5, 0.6) is 0 Å². The van der Waals surface area contributed by atoms with Crippen LogP contribution in [0, 0.1) is 13.8 Å². The number of carbonyl (C=O) groups is 2. The van der Waals surface area contributed by atoms with Crippen molar-refractivity contribution in [1.29, 1.82) is 0 Å². The predicted octanol–water partition coefficient (Wildman–Crippen LogP) is 4.40. The maximum Gasteiger partial charge on any atom is 0.274 e. The molecule has 1 fully saturated rings. The van der Waals surface area contributed by atoms with E-state index in [2.05, 4.69) is 15.6 Å². The number of carbonyl (C=O) groups excluding carboxylic acids is 2. The minimum absolute atomic E-state index is 0.203. The van der Waals surface area contributed by atoms with Gasteiger partial charge in [-0.15, -0.1) is 0 Å². The second kappa shape index (κ2) is 8.80. The summed E-state index contributed by atoms with van der Waals surface area (Å²) in [6, 6.07) is 11.1. The van der Waals surface area contributed by atoms with E-state index < -0.39 is 0 Å². The van der Waals surface area contributed by atoms with E-state index in [9.17, 15) is 9.59 Å². The number of anilines is 1. The van der Waals surface area contributed by atoms with Crippen LogP contribution in [-0.4, -0.2) is 22.8 Å². The molecule has 0 atom stereocenters. The number of amides is 2. The number of hydrogen-bond acceptors (Lipinski definition) is 3. The zero-order chi connectivity index (χ0) is 19.2. The first kappa shape index (κ1) is 19.1. The van der Waals surface area contributed by atoms with Gasteiger partial charge in [0.1, 0.15) is 11.4 Å². The summed E-state index contributed by atoms with van der Waals surface area (Å²) in [7, 11) is 0. The van der Waals surface area contributed by atoms with Crippen molar-refractivity contribution in [3.63, 3.8) is 0 Å². The Morgan fingerprint density at radius 3 is 2.30 bits per heavy atom. The molecule has 2 amide bonds. The largest absolute Gasteiger partial charge is 0.348 e. The van der Waals surface area contributed by atoms with E-state index in [-0.39, 0.29) is 29.2 Å². The van der Waals surface area contributed by atoms with Crippen molar-refractivity contribution in [3.05, 3.63) is 58.9 Å². The van der Waals surface area contributed by atoms with Gasteiger partial charge in [-0.05, 0) is 56.0 Å². The molecule has 1 saturated carbocycles. The van der Waals surface area contributed by atoms with Gasteiger partial charge in [0.2, 0.25) is 0 Å². The lowest BCUT2D eigenvalue weighted by Gasteiger charge is -2.16. The third kappa shape index (κ3) is 5.16. The summed E-state index contributed by atoms with van der Waals surface area (Å²) in [6.45, 7) is 3.92. The number of rotatable bonds is 4. The maximum absolute atomic E-state index is 12.6. The summed E-state index contributed by atoms with van der Waals surface area (Å²) in [6.07, 6.45) is 6.79. The molecule has 1 aromatic carbocycles. The molecule has 0 bridgehead atoms. The van der Waals surface area contributed by atoms with Crippen LogP contribution in [-0.2, 0) is 0 Å². The predicted molar refractivity (Wildman–Crippen MR) is 107 cm³/mol. The van der Waals surface area contributed by atoms with Crippen LogP contribution in [0.2, 0.25) is 0 Å². The fourth-order valence-corrected chi connectivity index (χ4v) is 3.43. The van der Waals surface area contributed by atoms with E-state index in [0.29, 0.717) is 0 Å². The van der Waals surface area contributed by atoms with Crippen molar-refractivity contribution in [2.24, 2.45) is 0 Å².